The summed E-state index contributed by atoms with van der Waals surface area (Å²) >= 11 is 0. The van der Waals surface area contributed by atoms with Gasteiger partial charge in [-0.25, -0.2) is 0 Å². The fourth-order valence-corrected chi connectivity index (χ4v) is 2.86. The summed E-state index contributed by atoms with van der Waals surface area (Å²) in [6.45, 7) is 1.82. The maximum absolute atomic E-state index is 12.5. The summed E-state index contributed by atoms with van der Waals surface area (Å²) in [5, 5.41) is 19.7. The number of aromatic hydroxyl groups is 2. The van der Waals surface area contributed by atoms with Crippen molar-refractivity contribution in [3.63, 3.8) is 0 Å². The van der Waals surface area contributed by atoms with E-state index in [1.165, 1.54) is 6.07 Å². The molecule has 0 fully saturated rings. The van der Waals surface area contributed by atoms with Crippen LogP contribution in [-0.2, 0) is 20.7 Å². The van der Waals surface area contributed by atoms with Gasteiger partial charge in [-0.05, 0) is 37.8 Å². The summed E-state index contributed by atoms with van der Waals surface area (Å²) in [6.07, 6.45) is 1.58. The van der Waals surface area contributed by atoms with E-state index in [0.29, 0.717) is 12.8 Å². The first-order valence-corrected chi connectivity index (χ1v) is 7.71. The molecular weight excluding hydrogens is 300 g/mol. The van der Waals surface area contributed by atoms with Gasteiger partial charge < -0.3 is 19.7 Å². The summed E-state index contributed by atoms with van der Waals surface area (Å²) in [5.41, 5.74) is 0.315. The number of hydrogen-bond donors (Lipinski definition) is 2. The molecule has 23 heavy (non-hydrogen) atoms. The Hall–Kier alpha value is -2.08. The molecule has 2 atom stereocenters. The number of phenolic OH excluding ortho intramolecular Hbond substituents is 2. The largest absolute Gasteiger partial charge is 0.508 e. The highest BCUT2D eigenvalue weighted by atomic mass is 16.5. The molecule has 0 bridgehead atoms. The van der Waals surface area contributed by atoms with Crippen molar-refractivity contribution < 1.29 is 29.3 Å². The first-order valence-electron chi connectivity index (χ1n) is 7.71. The average Bonchev–Trinajstić information content (AvgIpc) is 2.43. The molecule has 0 amide bonds. The second kappa shape index (κ2) is 7.46. The van der Waals surface area contributed by atoms with Gasteiger partial charge in [0.25, 0.3) is 0 Å². The smallest absolute Gasteiger partial charge is 0.310 e. The number of carbonyl (C=O) groups is 2. The monoisotopic (exact) mass is 322 g/mol. The zero-order valence-electron chi connectivity index (χ0n) is 13.4. The van der Waals surface area contributed by atoms with Gasteiger partial charge in [0.1, 0.15) is 11.5 Å². The molecule has 2 rings (SSSR count). The molecule has 126 valence electrons. The SMILES string of the molecule is CO[C@H]1CCC[C@H](C)OC(=O)Cc2cc(O)cc(O)c2C(=O)C1. The molecule has 0 aliphatic carbocycles. The number of benzene rings is 1. The molecule has 0 radical (unpaired) electrons. The molecule has 6 nitrogen and oxygen atoms in total. The maximum atomic E-state index is 12.5. The predicted molar refractivity (Wildman–Crippen MR) is 82.6 cm³/mol. The van der Waals surface area contributed by atoms with E-state index in [9.17, 15) is 19.8 Å². The van der Waals surface area contributed by atoms with Crippen LogP contribution in [0.5, 0.6) is 11.5 Å². The lowest BCUT2D eigenvalue weighted by atomic mass is 9.94. The topological polar surface area (TPSA) is 93.1 Å². The van der Waals surface area contributed by atoms with Crippen molar-refractivity contribution in [1.82, 2.24) is 0 Å². The third-order valence-electron chi connectivity index (χ3n) is 4.01. The Morgan fingerprint density at radius 2 is 1.96 bits per heavy atom. The van der Waals surface area contributed by atoms with Crippen molar-refractivity contribution in [3.05, 3.63) is 23.3 Å². The molecule has 0 spiro atoms. The zero-order valence-corrected chi connectivity index (χ0v) is 13.4. The standard InChI is InChI=1S/C17H22O6/c1-10-4-3-5-13(22-2)9-15(20)17-11(7-16(21)23-10)6-12(18)8-14(17)19/h6,8,10,13,18-19H,3-5,7,9H2,1-2H3/t10-,13-/m0/s1. The van der Waals surface area contributed by atoms with Crippen LogP contribution < -0.4 is 0 Å². The number of cyclic esters (lactones) is 1. The normalized spacial score (nSPS) is 23.4. The lowest BCUT2D eigenvalue weighted by Gasteiger charge is -2.20. The van der Waals surface area contributed by atoms with Gasteiger partial charge in [-0.2, -0.15) is 0 Å². The predicted octanol–water partition coefficient (Wildman–Crippen LogP) is 2.34. The Bertz CT molecular complexity index is 595. The first-order chi connectivity index (χ1) is 10.9. The lowest BCUT2D eigenvalue weighted by Crippen LogP contribution is -2.22. The van der Waals surface area contributed by atoms with E-state index in [4.69, 9.17) is 9.47 Å². The Morgan fingerprint density at radius 1 is 1.22 bits per heavy atom. The molecule has 1 aromatic carbocycles. The van der Waals surface area contributed by atoms with Crippen LogP contribution in [-0.4, -0.2) is 41.3 Å². The molecule has 0 saturated carbocycles. The van der Waals surface area contributed by atoms with Gasteiger partial charge in [-0.3, -0.25) is 9.59 Å². The van der Waals surface area contributed by atoms with Crippen LogP contribution in [0.15, 0.2) is 12.1 Å². The first kappa shape index (κ1) is 17.3. The van der Waals surface area contributed by atoms with Crippen LogP contribution in [0.4, 0.5) is 0 Å². The molecular formula is C17H22O6. The van der Waals surface area contributed by atoms with Gasteiger partial charge in [-0.15, -0.1) is 0 Å². The summed E-state index contributed by atoms with van der Waals surface area (Å²) in [6, 6.07) is 2.41. The number of ether oxygens (including phenoxy) is 2. The van der Waals surface area contributed by atoms with E-state index >= 15 is 0 Å². The molecule has 0 aromatic heterocycles. The number of ketones is 1. The van der Waals surface area contributed by atoms with E-state index in [1.807, 2.05) is 6.92 Å². The van der Waals surface area contributed by atoms with Gasteiger partial charge in [0.2, 0.25) is 0 Å². The summed E-state index contributed by atoms with van der Waals surface area (Å²) in [4.78, 5) is 24.5. The van der Waals surface area contributed by atoms with Gasteiger partial charge >= 0.3 is 5.97 Å². The number of esters is 1. The zero-order chi connectivity index (χ0) is 17.0. The summed E-state index contributed by atoms with van der Waals surface area (Å²) in [7, 11) is 1.55. The van der Waals surface area contributed by atoms with Crippen molar-refractivity contribution in [3.8, 4) is 11.5 Å². The number of fused-ring (bicyclic) bond motifs is 1. The van der Waals surface area contributed by atoms with E-state index in [0.717, 1.165) is 12.5 Å². The number of hydrogen-bond acceptors (Lipinski definition) is 6. The van der Waals surface area contributed by atoms with Crippen LogP contribution in [0.3, 0.4) is 0 Å². The van der Waals surface area contributed by atoms with Crippen LogP contribution in [0.25, 0.3) is 0 Å². The number of carbonyl (C=O) groups excluding carboxylic acids is 2. The molecule has 6 heteroatoms. The van der Waals surface area contributed by atoms with Crippen molar-refractivity contribution in [2.75, 3.05) is 7.11 Å². The molecule has 1 aliphatic heterocycles. The van der Waals surface area contributed by atoms with Gasteiger partial charge in [0.05, 0.1) is 24.2 Å². The highest BCUT2D eigenvalue weighted by Crippen LogP contribution is 2.30. The van der Waals surface area contributed by atoms with Crippen LogP contribution in [0.2, 0.25) is 0 Å². The molecule has 1 heterocycles. The van der Waals surface area contributed by atoms with Crippen LogP contribution in [0, 0.1) is 0 Å². The molecule has 1 aromatic rings. The Kier molecular flexibility index (Phi) is 5.60. The third-order valence-corrected chi connectivity index (χ3v) is 4.01. The Morgan fingerprint density at radius 3 is 2.65 bits per heavy atom. The summed E-state index contributed by atoms with van der Waals surface area (Å²) in [5.74, 6) is -1.34. The Balaban J connectivity index is 2.40. The average molecular weight is 322 g/mol. The molecule has 0 unspecified atom stereocenters. The third kappa shape index (κ3) is 4.45. The minimum Gasteiger partial charge on any atom is -0.508 e. The minimum absolute atomic E-state index is 0.0510. The highest BCUT2D eigenvalue weighted by Gasteiger charge is 2.24. The number of phenols is 2. The van der Waals surface area contributed by atoms with E-state index in [2.05, 4.69) is 0 Å². The molecule has 2 N–H and O–H groups in total. The van der Waals surface area contributed by atoms with Gasteiger partial charge in [0, 0.05) is 19.6 Å². The van der Waals surface area contributed by atoms with E-state index < -0.39 is 5.97 Å². The van der Waals surface area contributed by atoms with Crippen molar-refractivity contribution in [1.29, 1.82) is 0 Å². The lowest BCUT2D eigenvalue weighted by molar-refractivity contribution is -0.147. The fraction of sp³-hybridized carbons (Fsp3) is 0.529. The van der Waals surface area contributed by atoms with E-state index in [-0.39, 0.29) is 53.5 Å². The highest BCUT2D eigenvalue weighted by molar-refractivity contribution is 6.01. The number of Topliss-reactive ketones (excluding diaryl/α,β-unsaturated/α-hetero) is 1. The maximum Gasteiger partial charge on any atom is 0.310 e. The number of methoxy groups -OCH3 is 1. The molecule has 1 aliphatic rings. The van der Waals surface area contributed by atoms with Gasteiger partial charge in [-0.1, -0.05) is 0 Å². The quantitative estimate of drug-likeness (QED) is 0.771. The van der Waals surface area contributed by atoms with Crippen LogP contribution in [0.1, 0.15) is 48.5 Å². The molecule has 0 saturated heterocycles. The van der Waals surface area contributed by atoms with Crippen molar-refractivity contribution in [2.24, 2.45) is 0 Å². The van der Waals surface area contributed by atoms with Crippen molar-refractivity contribution >= 4 is 11.8 Å². The second-order valence-electron chi connectivity index (χ2n) is 5.89. The minimum atomic E-state index is -0.486. The van der Waals surface area contributed by atoms with Crippen molar-refractivity contribution in [2.45, 2.75) is 51.2 Å². The van der Waals surface area contributed by atoms with E-state index in [1.54, 1.807) is 7.11 Å². The second-order valence-corrected chi connectivity index (χ2v) is 5.89. The summed E-state index contributed by atoms with van der Waals surface area (Å²) < 4.78 is 10.7. The number of rotatable bonds is 1. The fourth-order valence-electron chi connectivity index (χ4n) is 2.86. The van der Waals surface area contributed by atoms with Gasteiger partial charge in [0.15, 0.2) is 5.78 Å². The Labute approximate surface area is 135 Å². The van der Waals surface area contributed by atoms with Crippen LogP contribution >= 0.6 is 0 Å².